The normalized spacial score (nSPS) is 11.6. The summed E-state index contributed by atoms with van der Waals surface area (Å²) in [5.74, 6) is -1.36. The van der Waals surface area contributed by atoms with Crippen molar-refractivity contribution >= 4 is 27.3 Å². The third-order valence-electron chi connectivity index (χ3n) is 2.26. The molecule has 2 N–H and O–H groups in total. The molecule has 0 amide bonds. The number of carboxylic acids is 1. The third kappa shape index (κ3) is 4.11. The minimum Gasteiger partial charge on any atom is -0.476 e. The standard InChI is InChI=1S/C10H11N3O5S2/c14-10(15)8-5-19-9(12-8)1-3-11-20(16,17)6-7-2-4-18-13-7/h2,4-5,11H,1,3,6H2,(H,14,15). The van der Waals surface area contributed by atoms with Crippen LogP contribution in [0.15, 0.2) is 22.2 Å². The summed E-state index contributed by atoms with van der Waals surface area (Å²) in [4.78, 5) is 14.5. The maximum atomic E-state index is 11.7. The zero-order chi connectivity index (χ0) is 14.6. The van der Waals surface area contributed by atoms with Gasteiger partial charge in [0.2, 0.25) is 10.0 Å². The zero-order valence-corrected chi connectivity index (χ0v) is 11.8. The molecule has 8 nitrogen and oxygen atoms in total. The predicted molar refractivity (Wildman–Crippen MR) is 69.9 cm³/mol. The average molecular weight is 317 g/mol. The van der Waals surface area contributed by atoms with Gasteiger partial charge in [-0.3, -0.25) is 0 Å². The molecule has 0 aliphatic heterocycles. The van der Waals surface area contributed by atoms with Crippen LogP contribution in [0.2, 0.25) is 0 Å². The number of nitrogens with one attached hydrogen (secondary N) is 1. The Balaban J connectivity index is 1.84. The summed E-state index contributed by atoms with van der Waals surface area (Å²) in [5.41, 5.74) is 0.287. The molecule has 2 rings (SSSR count). The van der Waals surface area contributed by atoms with Gasteiger partial charge in [0.25, 0.3) is 0 Å². The molecule has 0 spiro atoms. The first-order valence-corrected chi connectivity index (χ1v) is 8.04. The lowest BCUT2D eigenvalue weighted by molar-refractivity contribution is 0.0691. The van der Waals surface area contributed by atoms with E-state index in [9.17, 15) is 13.2 Å². The van der Waals surface area contributed by atoms with Gasteiger partial charge in [-0.2, -0.15) is 0 Å². The van der Waals surface area contributed by atoms with Crippen molar-refractivity contribution in [2.24, 2.45) is 0 Å². The molecule has 0 radical (unpaired) electrons. The van der Waals surface area contributed by atoms with E-state index in [0.29, 0.717) is 17.1 Å². The minimum atomic E-state index is -3.50. The van der Waals surface area contributed by atoms with Gasteiger partial charge in [0.15, 0.2) is 5.69 Å². The number of aromatic carboxylic acids is 1. The van der Waals surface area contributed by atoms with Gasteiger partial charge in [0.05, 0.1) is 10.7 Å². The highest BCUT2D eigenvalue weighted by Crippen LogP contribution is 2.10. The molecule has 0 bridgehead atoms. The predicted octanol–water partition coefficient (Wildman–Crippen LogP) is 0.491. The Labute approximate surface area is 118 Å². The Kier molecular flexibility index (Phi) is 4.47. The molecule has 0 saturated heterocycles. The number of hydrogen-bond acceptors (Lipinski definition) is 7. The fourth-order valence-corrected chi connectivity index (χ4v) is 3.22. The molecule has 0 aliphatic carbocycles. The van der Waals surface area contributed by atoms with E-state index in [1.807, 2.05) is 0 Å². The first-order valence-electron chi connectivity index (χ1n) is 5.50. The van der Waals surface area contributed by atoms with Crippen molar-refractivity contribution in [3.8, 4) is 0 Å². The Bertz CT molecular complexity index is 678. The Hall–Kier alpha value is -1.78. The van der Waals surface area contributed by atoms with Crippen LogP contribution >= 0.6 is 11.3 Å². The van der Waals surface area contributed by atoms with E-state index in [2.05, 4.69) is 19.4 Å². The van der Waals surface area contributed by atoms with Gasteiger partial charge in [-0.1, -0.05) is 5.16 Å². The van der Waals surface area contributed by atoms with Crippen LogP contribution in [0, 0.1) is 0 Å². The number of carbonyl (C=O) groups is 1. The van der Waals surface area contributed by atoms with E-state index in [4.69, 9.17) is 5.11 Å². The van der Waals surface area contributed by atoms with Crippen molar-refractivity contribution in [2.45, 2.75) is 12.2 Å². The summed E-state index contributed by atoms with van der Waals surface area (Å²) in [5, 5.41) is 14.2. The van der Waals surface area contributed by atoms with E-state index in [1.54, 1.807) is 0 Å². The van der Waals surface area contributed by atoms with E-state index in [1.165, 1.54) is 29.0 Å². The molecular weight excluding hydrogens is 306 g/mol. The van der Waals surface area contributed by atoms with Gasteiger partial charge < -0.3 is 9.63 Å². The number of rotatable bonds is 7. The molecule has 0 unspecified atom stereocenters. The summed E-state index contributed by atoms with van der Waals surface area (Å²) in [6.45, 7) is 0.146. The molecular formula is C10H11N3O5S2. The first kappa shape index (κ1) is 14.6. The second-order valence-corrected chi connectivity index (χ2v) is 6.58. The first-order chi connectivity index (χ1) is 9.46. The van der Waals surface area contributed by atoms with Crippen LogP contribution in [0.1, 0.15) is 21.2 Å². The zero-order valence-electron chi connectivity index (χ0n) is 10.1. The lowest BCUT2D eigenvalue weighted by atomic mass is 10.4. The quantitative estimate of drug-likeness (QED) is 0.762. The van der Waals surface area contributed by atoms with Crippen LogP contribution in [0.5, 0.6) is 0 Å². The molecule has 0 atom stereocenters. The highest BCUT2D eigenvalue weighted by atomic mass is 32.2. The average Bonchev–Trinajstić information content (AvgIpc) is 2.99. The number of sulfonamides is 1. The topological polar surface area (TPSA) is 122 Å². The largest absolute Gasteiger partial charge is 0.476 e. The number of nitrogens with zero attached hydrogens (tertiary/aromatic N) is 2. The smallest absolute Gasteiger partial charge is 0.355 e. The summed E-state index contributed by atoms with van der Waals surface area (Å²) in [7, 11) is -3.50. The van der Waals surface area contributed by atoms with Crippen molar-refractivity contribution in [1.29, 1.82) is 0 Å². The van der Waals surface area contributed by atoms with Gasteiger partial charge in [-0.15, -0.1) is 11.3 Å². The number of aromatic nitrogens is 2. The molecule has 10 heteroatoms. The van der Waals surface area contributed by atoms with Crippen LogP contribution in [-0.4, -0.2) is 36.2 Å². The van der Waals surface area contributed by atoms with Crippen LogP contribution in [0.4, 0.5) is 0 Å². The van der Waals surface area contributed by atoms with E-state index >= 15 is 0 Å². The summed E-state index contributed by atoms with van der Waals surface area (Å²) in [6.07, 6.45) is 1.63. The van der Waals surface area contributed by atoms with E-state index in [0.717, 1.165) is 0 Å². The summed E-state index contributed by atoms with van der Waals surface area (Å²) < 4.78 is 30.3. The number of carboxylic acid groups (broad SMARTS) is 1. The van der Waals surface area contributed by atoms with Gasteiger partial charge in [0.1, 0.15) is 12.0 Å². The van der Waals surface area contributed by atoms with Crippen LogP contribution in [0.3, 0.4) is 0 Å². The molecule has 2 aromatic heterocycles. The number of thiazole rings is 1. The van der Waals surface area contributed by atoms with Crippen LogP contribution < -0.4 is 4.72 Å². The summed E-state index contributed by atoms with van der Waals surface area (Å²) >= 11 is 1.18. The SMILES string of the molecule is O=C(O)c1csc(CCNS(=O)(=O)Cc2ccon2)n1. The fourth-order valence-electron chi connectivity index (χ4n) is 1.40. The number of hydrogen-bond donors (Lipinski definition) is 2. The Morgan fingerprint density at radius 1 is 1.50 bits per heavy atom. The second-order valence-electron chi connectivity index (χ2n) is 3.83. The molecule has 0 fully saturated rings. The van der Waals surface area contributed by atoms with Gasteiger partial charge >= 0.3 is 5.97 Å². The van der Waals surface area contributed by atoms with Gasteiger partial charge in [-0.25, -0.2) is 22.9 Å². The van der Waals surface area contributed by atoms with Crippen molar-refractivity contribution in [3.63, 3.8) is 0 Å². The highest BCUT2D eigenvalue weighted by molar-refractivity contribution is 7.88. The van der Waals surface area contributed by atoms with Gasteiger partial charge in [-0.05, 0) is 0 Å². The molecule has 20 heavy (non-hydrogen) atoms. The van der Waals surface area contributed by atoms with Crippen molar-refractivity contribution in [3.05, 3.63) is 34.1 Å². The van der Waals surface area contributed by atoms with Crippen molar-refractivity contribution < 1.29 is 22.8 Å². The molecule has 0 saturated carbocycles. The lowest BCUT2D eigenvalue weighted by Crippen LogP contribution is -2.27. The molecule has 0 aromatic carbocycles. The minimum absolute atomic E-state index is 0.0320. The molecule has 108 valence electrons. The maximum Gasteiger partial charge on any atom is 0.355 e. The van der Waals surface area contributed by atoms with Crippen LogP contribution in [0.25, 0.3) is 0 Å². The monoisotopic (exact) mass is 317 g/mol. The molecule has 2 aromatic rings. The second kappa shape index (κ2) is 6.11. The third-order valence-corrected chi connectivity index (χ3v) is 4.49. The maximum absolute atomic E-state index is 11.7. The van der Waals surface area contributed by atoms with Crippen molar-refractivity contribution in [1.82, 2.24) is 14.9 Å². The lowest BCUT2D eigenvalue weighted by Gasteiger charge is -2.03. The Morgan fingerprint density at radius 3 is 2.90 bits per heavy atom. The summed E-state index contributed by atoms with van der Waals surface area (Å²) in [6, 6.07) is 1.47. The molecule has 0 aliphatic rings. The van der Waals surface area contributed by atoms with Crippen LogP contribution in [-0.2, 0) is 22.2 Å². The van der Waals surface area contributed by atoms with Gasteiger partial charge in [0, 0.05) is 24.4 Å². The Morgan fingerprint density at radius 2 is 2.30 bits per heavy atom. The fraction of sp³-hybridized carbons (Fsp3) is 0.300. The highest BCUT2D eigenvalue weighted by Gasteiger charge is 2.14. The van der Waals surface area contributed by atoms with E-state index in [-0.39, 0.29) is 18.0 Å². The van der Waals surface area contributed by atoms with E-state index < -0.39 is 16.0 Å². The molecule has 2 heterocycles. The van der Waals surface area contributed by atoms with Crippen molar-refractivity contribution in [2.75, 3.05) is 6.54 Å².